The summed E-state index contributed by atoms with van der Waals surface area (Å²) in [6.07, 6.45) is -0.703. The van der Waals surface area contributed by atoms with Crippen LogP contribution in [-0.4, -0.2) is 22.5 Å². The second-order valence-electron chi connectivity index (χ2n) is 7.05. The lowest BCUT2D eigenvalue weighted by Gasteiger charge is -2.19. The van der Waals surface area contributed by atoms with Gasteiger partial charge in [0.05, 0.1) is 17.7 Å². The van der Waals surface area contributed by atoms with E-state index in [9.17, 15) is 13.6 Å². The molecular weight excluding hydrogens is 312 g/mol. The smallest absolute Gasteiger partial charge is 0.259 e. The standard InChI is InChI=1S/C18H21F2N3O/c1-10-8-18(2,3)12-5-4-6-13(16(10)12)22-17(24)11-9-21-23-14(11)7-15(19)20/h4-6,9-10,15H,7-8H2,1-3H3,(H,21,23)(H,22,24)/t10-/m1/s1. The Morgan fingerprint density at radius 1 is 1.46 bits per heavy atom. The molecular formula is C18H21F2N3O. The van der Waals surface area contributed by atoms with Crippen molar-refractivity contribution in [2.24, 2.45) is 0 Å². The summed E-state index contributed by atoms with van der Waals surface area (Å²) in [7, 11) is 0. The molecule has 1 heterocycles. The highest BCUT2D eigenvalue weighted by Gasteiger charge is 2.36. The van der Waals surface area contributed by atoms with Gasteiger partial charge in [-0.05, 0) is 34.9 Å². The van der Waals surface area contributed by atoms with Crippen molar-refractivity contribution in [3.63, 3.8) is 0 Å². The fourth-order valence-corrected chi connectivity index (χ4v) is 3.78. The molecule has 4 nitrogen and oxygen atoms in total. The first kappa shape index (κ1) is 16.6. The lowest BCUT2D eigenvalue weighted by Crippen LogP contribution is -2.16. The quantitative estimate of drug-likeness (QED) is 0.878. The molecule has 6 heteroatoms. The van der Waals surface area contributed by atoms with Gasteiger partial charge in [-0.15, -0.1) is 0 Å². The summed E-state index contributed by atoms with van der Waals surface area (Å²) in [6, 6.07) is 5.87. The Labute approximate surface area is 139 Å². The predicted molar refractivity (Wildman–Crippen MR) is 88.7 cm³/mol. The van der Waals surface area contributed by atoms with Gasteiger partial charge in [-0.25, -0.2) is 8.78 Å². The number of hydrogen-bond acceptors (Lipinski definition) is 2. The van der Waals surface area contributed by atoms with Gasteiger partial charge in [0.15, 0.2) is 0 Å². The number of benzene rings is 1. The number of anilines is 1. The van der Waals surface area contributed by atoms with E-state index in [1.807, 2.05) is 12.1 Å². The van der Waals surface area contributed by atoms with E-state index in [2.05, 4.69) is 42.4 Å². The Hall–Kier alpha value is -2.24. The molecule has 0 spiro atoms. The molecule has 0 fully saturated rings. The maximum atomic E-state index is 12.6. The fourth-order valence-electron chi connectivity index (χ4n) is 3.78. The zero-order chi connectivity index (χ0) is 17.5. The molecule has 2 aromatic rings. The van der Waals surface area contributed by atoms with Crippen molar-refractivity contribution in [2.45, 2.75) is 51.4 Å². The van der Waals surface area contributed by atoms with Gasteiger partial charge in [0.2, 0.25) is 6.43 Å². The largest absolute Gasteiger partial charge is 0.322 e. The van der Waals surface area contributed by atoms with Crippen molar-refractivity contribution in [2.75, 3.05) is 5.32 Å². The SMILES string of the molecule is C[C@@H]1CC(C)(C)c2cccc(NC(=O)c3c[nH]nc3CC(F)F)c21. The maximum Gasteiger partial charge on any atom is 0.259 e. The summed E-state index contributed by atoms with van der Waals surface area (Å²) in [6.45, 7) is 6.53. The van der Waals surface area contributed by atoms with Gasteiger partial charge in [0.1, 0.15) is 0 Å². The molecule has 1 atom stereocenters. The van der Waals surface area contributed by atoms with Crippen LogP contribution >= 0.6 is 0 Å². The summed E-state index contributed by atoms with van der Waals surface area (Å²) < 4.78 is 25.2. The van der Waals surface area contributed by atoms with E-state index >= 15 is 0 Å². The van der Waals surface area contributed by atoms with E-state index in [4.69, 9.17) is 0 Å². The number of H-pyrrole nitrogens is 1. The highest BCUT2D eigenvalue weighted by Crippen LogP contribution is 2.48. The number of rotatable bonds is 4. The summed E-state index contributed by atoms with van der Waals surface area (Å²) in [5.74, 6) is -0.0823. The van der Waals surface area contributed by atoms with Crippen LogP contribution in [0.2, 0.25) is 0 Å². The second kappa shape index (κ2) is 6.00. The number of hydrogen-bond donors (Lipinski definition) is 2. The molecule has 0 bridgehead atoms. The minimum atomic E-state index is -2.54. The van der Waals surface area contributed by atoms with Crippen LogP contribution in [0.15, 0.2) is 24.4 Å². The summed E-state index contributed by atoms with van der Waals surface area (Å²) in [5.41, 5.74) is 3.43. The monoisotopic (exact) mass is 333 g/mol. The van der Waals surface area contributed by atoms with E-state index in [-0.39, 0.29) is 16.7 Å². The molecule has 0 saturated carbocycles. The van der Waals surface area contributed by atoms with Gasteiger partial charge < -0.3 is 5.32 Å². The molecule has 0 saturated heterocycles. The Balaban J connectivity index is 1.90. The molecule has 1 aromatic heterocycles. The van der Waals surface area contributed by atoms with Crippen molar-refractivity contribution in [1.82, 2.24) is 10.2 Å². The zero-order valence-electron chi connectivity index (χ0n) is 14.0. The number of halogens is 2. The van der Waals surface area contributed by atoms with Crippen LogP contribution in [0.25, 0.3) is 0 Å². The number of aromatic nitrogens is 2. The molecule has 0 aliphatic heterocycles. The molecule has 0 unspecified atom stereocenters. The van der Waals surface area contributed by atoms with Gasteiger partial charge in [-0.2, -0.15) is 5.10 Å². The normalized spacial score (nSPS) is 18.7. The van der Waals surface area contributed by atoms with Crippen LogP contribution in [0.4, 0.5) is 14.5 Å². The van der Waals surface area contributed by atoms with Gasteiger partial charge in [-0.3, -0.25) is 9.89 Å². The lowest BCUT2D eigenvalue weighted by atomic mass is 9.86. The number of aromatic amines is 1. The van der Waals surface area contributed by atoms with E-state index < -0.39 is 18.8 Å². The third-order valence-corrected chi connectivity index (χ3v) is 4.70. The number of carbonyl (C=O) groups excluding carboxylic acids is 1. The van der Waals surface area contributed by atoms with E-state index in [1.165, 1.54) is 11.8 Å². The third-order valence-electron chi connectivity index (χ3n) is 4.70. The van der Waals surface area contributed by atoms with Crippen molar-refractivity contribution < 1.29 is 13.6 Å². The molecule has 3 rings (SSSR count). The van der Waals surface area contributed by atoms with Crippen LogP contribution in [-0.2, 0) is 11.8 Å². The molecule has 0 radical (unpaired) electrons. The minimum Gasteiger partial charge on any atom is -0.322 e. The number of amides is 1. The Kier molecular flexibility index (Phi) is 4.15. The van der Waals surface area contributed by atoms with Gasteiger partial charge in [-0.1, -0.05) is 32.9 Å². The molecule has 2 N–H and O–H groups in total. The van der Waals surface area contributed by atoms with Gasteiger partial charge in [0, 0.05) is 11.9 Å². The summed E-state index contributed by atoms with van der Waals surface area (Å²) in [4.78, 5) is 12.5. The molecule has 1 aliphatic carbocycles. The molecule has 24 heavy (non-hydrogen) atoms. The number of carbonyl (C=O) groups is 1. The Morgan fingerprint density at radius 3 is 2.92 bits per heavy atom. The van der Waals surface area contributed by atoms with Crippen LogP contribution in [0.3, 0.4) is 0 Å². The van der Waals surface area contributed by atoms with Crippen molar-refractivity contribution in [1.29, 1.82) is 0 Å². The van der Waals surface area contributed by atoms with E-state index in [1.54, 1.807) is 0 Å². The van der Waals surface area contributed by atoms with Gasteiger partial charge in [0.25, 0.3) is 5.91 Å². The van der Waals surface area contributed by atoms with Crippen LogP contribution in [0.5, 0.6) is 0 Å². The Morgan fingerprint density at radius 2 is 2.21 bits per heavy atom. The average Bonchev–Trinajstić information content (AvgIpc) is 3.02. The molecule has 1 aromatic carbocycles. The first-order valence-corrected chi connectivity index (χ1v) is 8.05. The number of alkyl halides is 2. The lowest BCUT2D eigenvalue weighted by molar-refractivity contribution is 0.102. The molecule has 128 valence electrons. The van der Waals surface area contributed by atoms with Crippen molar-refractivity contribution in [3.8, 4) is 0 Å². The number of nitrogens with zero attached hydrogens (tertiary/aromatic N) is 1. The second-order valence-corrected chi connectivity index (χ2v) is 7.05. The fraction of sp³-hybridized carbons (Fsp3) is 0.444. The predicted octanol–water partition coefficient (Wildman–Crippen LogP) is 4.25. The third kappa shape index (κ3) is 2.92. The minimum absolute atomic E-state index is 0.0615. The van der Waals surface area contributed by atoms with Crippen LogP contribution < -0.4 is 5.32 Å². The summed E-state index contributed by atoms with van der Waals surface area (Å²) >= 11 is 0. The number of fused-ring (bicyclic) bond motifs is 1. The highest BCUT2D eigenvalue weighted by atomic mass is 19.3. The molecule has 1 amide bonds. The first-order valence-electron chi connectivity index (χ1n) is 8.05. The highest BCUT2D eigenvalue weighted by molar-refractivity contribution is 6.05. The zero-order valence-corrected chi connectivity index (χ0v) is 14.0. The van der Waals surface area contributed by atoms with Crippen molar-refractivity contribution in [3.05, 3.63) is 46.8 Å². The van der Waals surface area contributed by atoms with Crippen LogP contribution in [0, 0.1) is 0 Å². The topological polar surface area (TPSA) is 57.8 Å². The van der Waals surface area contributed by atoms with E-state index in [0.717, 1.165) is 17.7 Å². The van der Waals surface area contributed by atoms with Crippen LogP contribution in [0.1, 0.15) is 60.3 Å². The van der Waals surface area contributed by atoms with Crippen molar-refractivity contribution >= 4 is 11.6 Å². The maximum absolute atomic E-state index is 12.6. The molecule has 1 aliphatic rings. The Bertz CT molecular complexity index is 767. The van der Waals surface area contributed by atoms with E-state index in [0.29, 0.717) is 5.92 Å². The summed E-state index contributed by atoms with van der Waals surface area (Å²) in [5, 5.41) is 9.15. The van der Waals surface area contributed by atoms with Gasteiger partial charge >= 0.3 is 0 Å². The number of nitrogens with one attached hydrogen (secondary N) is 2. The first-order chi connectivity index (χ1) is 11.3. The average molecular weight is 333 g/mol.